The summed E-state index contributed by atoms with van der Waals surface area (Å²) in [5, 5.41) is 10.3. The van der Waals surface area contributed by atoms with Crippen LogP contribution in [0.25, 0.3) is 10.6 Å². The highest BCUT2D eigenvalue weighted by Gasteiger charge is 2.34. The van der Waals surface area contributed by atoms with Gasteiger partial charge in [-0.05, 0) is 12.1 Å². The van der Waals surface area contributed by atoms with Crippen molar-refractivity contribution >= 4 is 17.3 Å². The Bertz CT molecular complexity index is 651. The van der Waals surface area contributed by atoms with Gasteiger partial charge in [-0.1, -0.05) is 6.07 Å². The molecule has 0 saturated carbocycles. The van der Waals surface area contributed by atoms with Crippen molar-refractivity contribution in [2.75, 3.05) is 0 Å². The standard InChI is InChI=1S/C12H7F4NO2S/c13-9-3-6(1-2-8(9)12(14,15)16)11-17-7(5-20-11)4-10(18)19/h1-3,5H,4H2,(H,18,19). The Kier molecular flexibility index (Phi) is 3.76. The minimum Gasteiger partial charge on any atom is -0.481 e. The Labute approximate surface area is 114 Å². The third-order valence-corrected chi connectivity index (χ3v) is 3.35. The number of benzene rings is 1. The molecule has 0 aliphatic carbocycles. The molecule has 2 aromatic rings. The highest BCUT2D eigenvalue weighted by atomic mass is 32.1. The fourth-order valence-corrected chi connectivity index (χ4v) is 2.37. The second-order valence-electron chi connectivity index (χ2n) is 3.91. The molecule has 20 heavy (non-hydrogen) atoms. The van der Waals surface area contributed by atoms with Gasteiger partial charge >= 0.3 is 12.1 Å². The molecule has 106 valence electrons. The summed E-state index contributed by atoms with van der Waals surface area (Å²) < 4.78 is 50.6. The molecule has 0 spiro atoms. The molecule has 1 aromatic carbocycles. The fourth-order valence-electron chi connectivity index (χ4n) is 1.55. The molecule has 0 aliphatic rings. The zero-order chi connectivity index (χ0) is 14.9. The zero-order valence-corrected chi connectivity index (χ0v) is 10.6. The second kappa shape index (κ2) is 5.20. The maximum absolute atomic E-state index is 13.4. The third-order valence-electron chi connectivity index (χ3n) is 2.41. The molecule has 0 fully saturated rings. The van der Waals surface area contributed by atoms with Crippen LogP contribution in [0.5, 0.6) is 0 Å². The molecular weight excluding hydrogens is 298 g/mol. The molecule has 2 rings (SSSR count). The summed E-state index contributed by atoms with van der Waals surface area (Å²) in [7, 11) is 0. The second-order valence-corrected chi connectivity index (χ2v) is 4.76. The lowest BCUT2D eigenvalue weighted by atomic mass is 10.1. The number of halogens is 4. The SMILES string of the molecule is O=C(O)Cc1csc(-c2ccc(C(F)(F)F)c(F)c2)n1. The van der Waals surface area contributed by atoms with Gasteiger partial charge in [0.25, 0.3) is 0 Å². The normalized spacial score (nSPS) is 11.6. The van der Waals surface area contributed by atoms with E-state index in [2.05, 4.69) is 4.98 Å². The topological polar surface area (TPSA) is 50.2 Å². The monoisotopic (exact) mass is 305 g/mol. The van der Waals surface area contributed by atoms with E-state index < -0.39 is 23.5 Å². The Balaban J connectivity index is 2.32. The summed E-state index contributed by atoms with van der Waals surface area (Å²) >= 11 is 1.04. The minimum absolute atomic E-state index is 0.178. The van der Waals surface area contributed by atoms with E-state index in [1.807, 2.05) is 0 Å². The zero-order valence-electron chi connectivity index (χ0n) is 9.74. The molecule has 0 saturated heterocycles. The molecule has 1 aromatic heterocycles. The summed E-state index contributed by atoms with van der Waals surface area (Å²) in [5.74, 6) is -2.45. The van der Waals surface area contributed by atoms with E-state index in [0.29, 0.717) is 6.07 Å². The van der Waals surface area contributed by atoms with Crippen molar-refractivity contribution in [2.45, 2.75) is 12.6 Å². The molecule has 0 amide bonds. The average Bonchev–Trinajstić information content (AvgIpc) is 2.74. The van der Waals surface area contributed by atoms with Crippen molar-refractivity contribution in [3.05, 3.63) is 40.7 Å². The molecule has 0 unspecified atom stereocenters. The largest absolute Gasteiger partial charge is 0.481 e. The fraction of sp³-hybridized carbons (Fsp3) is 0.167. The maximum atomic E-state index is 13.4. The van der Waals surface area contributed by atoms with E-state index in [1.54, 1.807) is 0 Å². The number of nitrogens with zero attached hydrogens (tertiary/aromatic N) is 1. The van der Waals surface area contributed by atoms with Crippen LogP contribution in [0.15, 0.2) is 23.6 Å². The van der Waals surface area contributed by atoms with Crippen LogP contribution < -0.4 is 0 Å². The van der Waals surface area contributed by atoms with Gasteiger partial charge in [-0.3, -0.25) is 4.79 Å². The predicted molar refractivity (Wildman–Crippen MR) is 63.8 cm³/mol. The summed E-state index contributed by atoms with van der Waals surface area (Å²) in [6.45, 7) is 0. The lowest BCUT2D eigenvalue weighted by Gasteiger charge is -2.08. The van der Waals surface area contributed by atoms with Crippen molar-refractivity contribution < 1.29 is 27.5 Å². The van der Waals surface area contributed by atoms with Gasteiger partial charge in [-0.25, -0.2) is 9.37 Å². The molecule has 1 heterocycles. The summed E-state index contributed by atoms with van der Waals surface area (Å²) in [6.07, 6.45) is -5.04. The van der Waals surface area contributed by atoms with Crippen molar-refractivity contribution in [3.63, 3.8) is 0 Å². The van der Waals surface area contributed by atoms with E-state index >= 15 is 0 Å². The summed E-state index contributed by atoms with van der Waals surface area (Å²) in [5.41, 5.74) is -0.890. The number of aromatic nitrogens is 1. The number of carbonyl (C=O) groups is 1. The van der Waals surface area contributed by atoms with Gasteiger partial charge in [0.1, 0.15) is 10.8 Å². The number of carboxylic acids is 1. The van der Waals surface area contributed by atoms with E-state index in [1.165, 1.54) is 5.38 Å². The molecular formula is C12H7F4NO2S. The first-order chi connectivity index (χ1) is 9.27. The van der Waals surface area contributed by atoms with Crippen LogP contribution in [-0.2, 0) is 17.4 Å². The number of hydrogen-bond donors (Lipinski definition) is 1. The van der Waals surface area contributed by atoms with Crippen LogP contribution >= 0.6 is 11.3 Å². The molecule has 3 nitrogen and oxygen atoms in total. The number of carboxylic acid groups (broad SMARTS) is 1. The molecule has 0 radical (unpaired) electrons. The summed E-state index contributed by atoms with van der Waals surface area (Å²) in [6, 6.07) is 2.49. The van der Waals surface area contributed by atoms with Gasteiger partial charge in [0.05, 0.1) is 17.7 Å². The first-order valence-corrected chi connectivity index (χ1v) is 6.18. The lowest BCUT2D eigenvalue weighted by Crippen LogP contribution is -2.07. The Morgan fingerprint density at radius 3 is 2.60 bits per heavy atom. The molecule has 0 bridgehead atoms. The van der Waals surface area contributed by atoms with Crippen molar-refractivity contribution in [1.82, 2.24) is 4.98 Å². The van der Waals surface area contributed by atoms with Gasteiger partial charge in [0, 0.05) is 10.9 Å². The highest BCUT2D eigenvalue weighted by Crippen LogP contribution is 2.34. The minimum atomic E-state index is -4.75. The Hall–Kier alpha value is -1.96. The number of hydrogen-bond acceptors (Lipinski definition) is 3. The van der Waals surface area contributed by atoms with Crippen LogP contribution in [0.1, 0.15) is 11.3 Å². The quantitative estimate of drug-likeness (QED) is 0.882. The molecule has 8 heteroatoms. The number of rotatable bonds is 3. The van der Waals surface area contributed by atoms with Crippen LogP contribution in [0.3, 0.4) is 0 Å². The lowest BCUT2D eigenvalue weighted by molar-refractivity contribution is -0.140. The van der Waals surface area contributed by atoms with Crippen LogP contribution in [0.2, 0.25) is 0 Å². The first-order valence-electron chi connectivity index (χ1n) is 5.30. The highest BCUT2D eigenvalue weighted by molar-refractivity contribution is 7.13. The number of alkyl halides is 3. The van der Waals surface area contributed by atoms with Crippen molar-refractivity contribution in [3.8, 4) is 10.6 Å². The van der Waals surface area contributed by atoms with Gasteiger partial charge in [-0.15, -0.1) is 11.3 Å². The average molecular weight is 305 g/mol. The van der Waals surface area contributed by atoms with E-state index in [-0.39, 0.29) is 22.7 Å². The van der Waals surface area contributed by atoms with Crippen LogP contribution in [-0.4, -0.2) is 16.1 Å². The van der Waals surface area contributed by atoms with Crippen molar-refractivity contribution in [1.29, 1.82) is 0 Å². The Morgan fingerprint density at radius 1 is 1.35 bits per heavy atom. The molecule has 0 atom stereocenters. The van der Waals surface area contributed by atoms with Gasteiger partial charge in [-0.2, -0.15) is 13.2 Å². The van der Waals surface area contributed by atoms with E-state index in [9.17, 15) is 22.4 Å². The third kappa shape index (κ3) is 3.13. The van der Waals surface area contributed by atoms with Crippen molar-refractivity contribution in [2.24, 2.45) is 0 Å². The predicted octanol–water partition coefficient (Wildman–Crippen LogP) is 3.60. The number of aliphatic carboxylic acids is 1. The summed E-state index contributed by atoms with van der Waals surface area (Å²) in [4.78, 5) is 14.4. The number of thiazole rings is 1. The Morgan fingerprint density at radius 2 is 2.05 bits per heavy atom. The smallest absolute Gasteiger partial charge is 0.419 e. The van der Waals surface area contributed by atoms with E-state index in [0.717, 1.165) is 23.5 Å². The molecule has 0 aliphatic heterocycles. The van der Waals surface area contributed by atoms with E-state index in [4.69, 9.17) is 5.11 Å². The van der Waals surface area contributed by atoms with Crippen LogP contribution in [0.4, 0.5) is 17.6 Å². The van der Waals surface area contributed by atoms with Gasteiger partial charge < -0.3 is 5.11 Å². The van der Waals surface area contributed by atoms with Crippen LogP contribution in [0, 0.1) is 5.82 Å². The van der Waals surface area contributed by atoms with Gasteiger partial charge in [0.2, 0.25) is 0 Å². The maximum Gasteiger partial charge on any atom is 0.419 e. The first kappa shape index (κ1) is 14.4. The van der Waals surface area contributed by atoms with Gasteiger partial charge in [0.15, 0.2) is 0 Å². The molecule has 1 N–H and O–H groups in total.